The molecule has 0 spiro atoms. The maximum absolute atomic E-state index is 12.4. The lowest BCUT2D eigenvalue weighted by atomic mass is 10.1. The number of hydrogen-bond acceptors (Lipinski definition) is 3. The van der Waals surface area contributed by atoms with Gasteiger partial charge in [-0.25, -0.2) is 0 Å². The Morgan fingerprint density at radius 1 is 1.42 bits per heavy atom. The van der Waals surface area contributed by atoms with Crippen LogP contribution in [-0.2, 0) is 18.3 Å². The second kappa shape index (κ2) is 5.06. The second-order valence-electron chi connectivity index (χ2n) is 4.37. The van der Waals surface area contributed by atoms with Crippen molar-refractivity contribution in [1.82, 2.24) is 9.55 Å². The Balaban J connectivity index is 2.43. The lowest BCUT2D eigenvalue weighted by Crippen LogP contribution is -2.12. The number of ketones is 1. The van der Waals surface area contributed by atoms with Crippen LogP contribution in [0.2, 0.25) is 0 Å². The summed E-state index contributed by atoms with van der Waals surface area (Å²) in [5, 5.41) is 8.84. The Labute approximate surface area is 110 Å². The summed E-state index contributed by atoms with van der Waals surface area (Å²) >= 11 is 0. The van der Waals surface area contributed by atoms with Gasteiger partial charge in [0.15, 0.2) is 0 Å². The molecule has 0 atom stereocenters. The summed E-state index contributed by atoms with van der Waals surface area (Å²) in [6.45, 7) is 1.80. The van der Waals surface area contributed by atoms with E-state index in [0.29, 0.717) is 17.0 Å². The van der Waals surface area contributed by atoms with Crippen LogP contribution in [0.1, 0.15) is 27.3 Å². The van der Waals surface area contributed by atoms with Gasteiger partial charge in [-0.05, 0) is 30.7 Å². The minimum atomic E-state index is -0.916. The molecule has 0 saturated carbocycles. The van der Waals surface area contributed by atoms with Gasteiger partial charge in [-0.15, -0.1) is 0 Å². The molecule has 0 unspecified atom stereocenters. The minimum absolute atomic E-state index is 0.0995. The molecular formula is C14H14N2O3. The number of hydrogen-bond donors (Lipinski definition) is 1. The average molecular weight is 258 g/mol. The first-order valence-corrected chi connectivity index (χ1v) is 5.82. The first-order valence-electron chi connectivity index (χ1n) is 5.82. The van der Waals surface area contributed by atoms with Gasteiger partial charge in [-0.2, -0.15) is 0 Å². The van der Waals surface area contributed by atoms with Crippen LogP contribution in [0.4, 0.5) is 0 Å². The van der Waals surface area contributed by atoms with Crippen molar-refractivity contribution in [2.75, 3.05) is 0 Å². The molecule has 2 aromatic heterocycles. The fourth-order valence-corrected chi connectivity index (χ4v) is 2.11. The normalized spacial score (nSPS) is 10.4. The number of carboxylic acids is 1. The Bertz CT molecular complexity index is 630. The van der Waals surface area contributed by atoms with Crippen molar-refractivity contribution in [2.24, 2.45) is 7.05 Å². The molecule has 1 N–H and O–H groups in total. The highest BCUT2D eigenvalue weighted by Gasteiger charge is 2.19. The van der Waals surface area contributed by atoms with Crippen LogP contribution in [0, 0.1) is 6.92 Å². The highest BCUT2D eigenvalue weighted by atomic mass is 16.4. The van der Waals surface area contributed by atoms with Gasteiger partial charge in [0.2, 0.25) is 5.78 Å². The fourth-order valence-electron chi connectivity index (χ4n) is 2.11. The van der Waals surface area contributed by atoms with Crippen molar-refractivity contribution < 1.29 is 14.7 Å². The predicted molar refractivity (Wildman–Crippen MR) is 69.2 cm³/mol. The van der Waals surface area contributed by atoms with Gasteiger partial charge in [0.1, 0.15) is 0 Å². The largest absolute Gasteiger partial charge is 0.481 e. The highest BCUT2D eigenvalue weighted by molar-refractivity contribution is 6.08. The van der Waals surface area contributed by atoms with Crippen LogP contribution >= 0.6 is 0 Å². The number of pyridine rings is 1. The number of rotatable bonds is 4. The maximum Gasteiger partial charge on any atom is 0.309 e. The lowest BCUT2D eigenvalue weighted by molar-refractivity contribution is -0.136. The molecule has 0 saturated heterocycles. The Morgan fingerprint density at radius 2 is 2.16 bits per heavy atom. The van der Waals surface area contributed by atoms with Crippen molar-refractivity contribution in [3.05, 3.63) is 53.1 Å². The van der Waals surface area contributed by atoms with Crippen molar-refractivity contribution in [2.45, 2.75) is 13.3 Å². The van der Waals surface area contributed by atoms with E-state index in [0.717, 1.165) is 5.56 Å². The summed E-state index contributed by atoms with van der Waals surface area (Å²) in [5.41, 5.74) is 2.38. The molecule has 0 aliphatic heterocycles. The quantitative estimate of drug-likeness (QED) is 0.845. The molecule has 0 radical (unpaired) electrons. The summed E-state index contributed by atoms with van der Waals surface area (Å²) in [4.78, 5) is 27.1. The molecule has 19 heavy (non-hydrogen) atoms. The van der Waals surface area contributed by atoms with Gasteiger partial charge in [-0.3, -0.25) is 14.6 Å². The molecular weight excluding hydrogens is 244 g/mol. The molecule has 98 valence electrons. The standard InChI is InChI=1S/C14H14N2O3/c1-9-6-11(7-12(17)18)16(2)13(9)14(19)10-4-3-5-15-8-10/h3-6,8H,7H2,1-2H3,(H,17,18). The van der Waals surface area contributed by atoms with E-state index in [2.05, 4.69) is 4.98 Å². The molecule has 0 aliphatic carbocycles. The molecule has 2 aromatic rings. The fraction of sp³-hybridized carbons (Fsp3) is 0.214. The topological polar surface area (TPSA) is 72.2 Å². The maximum atomic E-state index is 12.4. The number of carbonyl (C=O) groups is 2. The zero-order valence-corrected chi connectivity index (χ0v) is 10.8. The molecule has 5 nitrogen and oxygen atoms in total. The number of aromatic nitrogens is 2. The Morgan fingerprint density at radius 3 is 2.74 bits per heavy atom. The number of aryl methyl sites for hydroxylation is 1. The van der Waals surface area contributed by atoms with Crippen molar-refractivity contribution in [3.63, 3.8) is 0 Å². The molecule has 2 heterocycles. The zero-order chi connectivity index (χ0) is 14.0. The van der Waals surface area contributed by atoms with E-state index in [9.17, 15) is 9.59 Å². The molecule has 0 aromatic carbocycles. The molecule has 5 heteroatoms. The highest BCUT2D eigenvalue weighted by Crippen LogP contribution is 2.18. The lowest BCUT2D eigenvalue weighted by Gasteiger charge is -2.06. The summed E-state index contributed by atoms with van der Waals surface area (Å²) in [7, 11) is 1.70. The van der Waals surface area contributed by atoms with Crippen molar-refractivity contribution in [3.8, 4) is 0 Å². The van der Waals surface area contributed by atoms with Crippen LogP contribution in [0.25, 0.3) is 0 Å². The van der Waals surface area contributed by atoms with Gasteiger partial charge >= 0.3 is 5.97 Å². The number of carbonyl (C=O) groups excluding carboxylic acids is 1. The first-order chi connectivity index (χ1) is 9.00. The van der Waals surface area contributed by atoms with Gasteiger partial charge < -0.3 is 9.67 Å². The van der Waals surface area contributed by atoms with Gasteiger partial charge in [0.05, 0.1) is 12.1 Å². The molecule has 0 aliphatic rings. The molecule has 0 fully saturated rings. The van der Waals surface area contributed by atoms with Crippen LogP contribution in [-0.4, -0.2) is 26.4 Å². The molecule has 0 amide bonds. The Hall–Kier alpha value is -2.43. The van der Waals surface area contributed by atoms with Crippen LogP contribution in [0.5, 0.6) is 0 Å². The van der Waals surface area contributed by atoms with Crippen LogP contribution in [0.3, 0.4) is 0 Å². The second-order valence-corrected chi connectivity index (χ2v) is 4.37. The molecule has 2 rings (SSSR count). The van der Waals surface area contributed by atoms with Crippen molar-refractivity contribution in [1.29, 1.82) is 0 Å². The van der Waals surface area contributed by atoms with E-state index < -0.39 is 5.97 Å². The zero-order valence-electron chi connectivity index (χ0n) is 10.8. The van der Waals surface area contributed by atoms with Crippen LogP contribution in [0.15, 0.2) is 30.6 Å². The minimum Gasteiger partial charge on any atom is -0.481 e. The van der Waals surface area contributed by atoms with Crippen molar-refractivity contribution >= 4 is 11.8 Å². The molecule has 0 bridgehead atoms. The SMILES string of the molecule is Cc1cc(CC(=O)O)n(C)c1C(=O)c1cccnc1. The third-order valence-electron chi connectivity index (χ3n) is 2.99. The number of nitrogens with zero attached hydrogens (tertiary/aromatic N) is 2. The van der Waals surface area contributed by atoms with E-state index in [4.69, 9.17) is 5.11 Å². The van der Waals surface area contributed by atoms with E-state index in [1.165, 1.54) is 6.20 Å². The smallest absolute Gasteiger partial charge is 0.309 e. The average Bonchev–Trinajstić information content (AvgIpc) is 2.64. The van der Waals surface area contributed by atoms with E-state index in [-0.39, 0.29) is 12.2 Å². The number of aliphatic carboxylic acids is 1. The van der Waals surface area contributed by atoms with Gasteiger partial charge in [-0.1, -0.05) is 0 Å². The summed E-state index contributed by atoms with van der Waals surface area (Å²) in [5.74, 6) is -1.06. The summed E-state index contributed by atoms with van der Waals surface area (Å²) in [6.07, 6.45) is 3.01. The summed E-state index contributed by atoms with van der Waals surface area (Å²) < 4.78 is 1.64. The third kappa shape index (κ3) is 2.54. The van der Waals surface area contributed by atoms with Gasteiger partial charge in [0.25, 0.3) is 0 Å². The van der Waals surface area contributed by atoms with E-state index >= 15 is 0 Å². The van der Waals surface area contributed by atoms with Crippen LogP contribution < -0.4 is 0 Å². The Kier molecular flexibility index (Phi) is 3.46. The first kappa shape index (κ1) is 13.0. The van der Waals surface area contributed by atoms with E-state index in [1.54, 1.807) is 42.9 Å². The number of carboxylic acid groups (broad SMARTS) is 1. The predicted octanol–water partition coefficient (Wildman–Crippen LogP) is 1.59. The van der Waals surface area contributed by atoms with Gasteiger partial charge in [0, 0.05) is 30.7 Å². The monoisotopic (exact) mass is 258 g/mol. The summed E-state index contributed by atoms with van der Waals surface area (Å²) in [6, 6.07) is 5.13. The third-order valence-corrected chi connectivity index (χ3v) is 2.99. The van der Waals surface area contributed by atoms with E-state index in [1.807, 2.05) is 0 Å².